The Morgan fingerprint density at radius 2 is 2.00 bits per heavy atom. The van der Waals surface area contributed by atoms with Gasteiger partial charge >= 0.3 is 0 Å². The number of nitrogens with zero attached hydrogens (tertiary/aromatic N) is 2. The third kappa shape index (κ3) is 3.41. The Labute approximate surface area is 129 Å². The summed E-state index contributed by atoms with van der Waals surface area (Å²) in [5.41, 5.74) is 9.86. The molecule has 1 aromatic carbocycles. The van der Waals surface area contributed by atoms with E-state index >= 15 is 0 Å². The lowest BCUT2D eigenvalue weighted by atomic mass is 10.00. The van der Waals surface area contributed by atoms with E-state index in [1.54, 1.807) is 0 Å². The first-order chi connectivity index (χ1) is 10.3. The van der Waals surface area contributed by atoms with Crippen LogP contribution in [-0.2, 0) is 6.54 Å². The second-order valence-corrected chi connectivity index (χ2v) is 6.64. The minimum atomic E-state index is 0.614. The van der Waals surface area contributed by atoms with Gasteiger partial charge in [0.2, 0.25) is 0 Å². The summed E-state index contributed by atoms with van der Waals surface area (Å²) in [4.78, 5) is 5.30. The second-order valence-electron chi connectivity index (χ2n) is 6.64. The van der Waals surface area contributed by atoms with Gasteiger partial charge in [-0.05, 0) is 55.6 Å². The fourth-order valence-corrected chi connectivity index (χ4v) is 3.86. The van der Waals surface area contributed by atoms with Gasteiger partial charge < -0.3 is 10.6 Å². The van der Waals surface area contributed by atoms with Crippen LogP contribution in [0.2, 0.25) is 0 Å². The molecule has 3 rings (SSSR count). The second kappa shape index (κ2) is 6.80. The summed E-state index contributed by atoms with van der Waals surface area (Å²) in [6.07, 6.45) is 6.65. The van der Waals surface area contributed by atoms with Crippen molar-refractivity contribution in [1.29, 1.82) is 0 Å². The van der Waals surface area contributed by atoms with Crippen LogP contribution in [0.4, 0.5) is 5.69 Å². The van der Waals surface area contributed by atoms with E-state index in [0.29, 0.717) is 6.04 Å². The van der Waals surface area contributed by atoms with E-state index in [1.807, 2.05) is 0 Å². The molecule has 3 nitrogen and oxygen atoms in total. The molecule has 1 fully saturated rings. The van der Waals surface area contributed by atoms with Crippen molar-refractivity contribution in [1.82, 2.24) is 9.80 Å². The van der Waals surface area contributed by atoms with Gasteiger partial charge in [0.15, 0.2) is 0 Å². The van der Waals surface area contributed by atoms with Crippen molar-refractivity contribution in [3.8, 4) is 0 Å². The number of benzene rings is 1. The fourth-order valence-electron chi connectivity index (χ4n) is 3.86. The van der Waals surface area contributed by atoms with Gasteiger partial charge in [-0.15, -0.1) is 0 Å². The molecule has 0 amide bonds. The van der Waals surface area contributed by atoms with Gasteiger partial charge in [0, 0.05) is 31.4 Å². The number of rotatable bonds is 6. The summed E-state index contributed by atoms with van der Waals surface area (Å²) in [6.45, 7) is 8.39. The van der Waals surface area contributed by atoms with Crippen LogP contribution in [0.3, 0.4) is 0 Å². The average molecular weight is 287 g/mol. The third-order valence-electron chi connectivity index (χ3n) is 5.07. The first-order valence-corrected chi connectivity index (χ1v) is 8.62. The van der Waals surface area contributed by atoms with Crippen molar-refractivity contribution in [2.75, 3.05) is 31.9 Å². The first-order valence-electron chi connectivity index (χ1n) is 8.62. The molecule has 1 saturated heterocycles. The maximum Gasteiger partial charge on any atom is 0.0355 e. The third-order valence-corrected chi connectivity index (χ3v) is 5.07. The first kappa shape index (κ1) is 14.9. The predicted molar refractivity (Wildman–Crippen MR) is 89.2 cm³/mol. The highest BCUT2D eigenvalue weighted by molar-refractivity contribution is 5.47. The number of anilines is 1. The Bertz CT molecular complexity index is 466. The van der Waals surface area contributed by atoms with Crippen LogP contribution >= 0.6 is 0 Å². The van der Waals surface area contributed by atoms with Gasteiger partial charge in [-0.2, -0.15) is 0 Å². The summed E-state index contributed by atoms with van der Waals surface area (Å²) in [7, 11) is 0. The molecule has 1 atom stereocenters. The monoisotopic (exact) mass is 287 g/mol. The molecule has 2 N–H and O–H groups in total. The summed E-state index contributed by atoms with van der Waals surface area (Å²) < 4.78 is 0. The lowest BCUT2D eigenvalue weighted by Gasteiger charge is -2.27. The quantitative estimate of drug-likeness (QED) is 0.814. The van der Waals surface area contributed by atoms with Crippen molar-refractivity contribution in [2.45, 2.75) is 51.6 Å². The Morgan fingerprint density at radius 1 is 1.19 bits per heavy atom. The molecule has 2 heterocycles. The molecule has 0 bridgehead atoms. The summed E-state index contributed by atoms with van der Waals surface area (Å²) in [5, 5.41) is 0. The molecule has 2 aliphatic heterocycles. The van der Waals surface area contributed by atoms with Crippen LogP contribution in [0.25, 0.3) is 0 Å². The number of hydrogen-bond acceptors (Lipinski definition) is 3. The van der Waals surface area contributed by atoms with E-state index < -0.39 is 0 Å². The molecule has 1 aromatic rings. The van der Waals surface area contributed by atoms with E-state index in [-0.39, 0.29) is 0 Å². The highest BCUT2D eigenvalue weighted by Crippen LogP contribution is 2.37. The van der Waals surface area contributed by atoms with Gasteiger partial charge in [-0.3, -0.25) is 4.90 Å². The highest BCUT2D eigenvalue weighted by Gasteiger charge is 2.29. The normalized spacial score (nSPS) is 22.8. The Kier molecular flexibility index (Phi) is 4.81. The molecule has 0 aliphatic carbocycles. The van der Waals surface area contributed by atoms with Crippen molar-refractivity contribution in [3.05, 3.63) is 29.3 Å². The van der Waals surface area contributed by atoms with Crippen LogP contribution in [-0.4, -0.2) is 36.0 Å². The standard InChI is InChI=1S/C18H29N3/c1-2-3-6-18-17-8-7-16(19)13-15(17)14-21(18)12-11-20-9-4-5-10-20/h7-8,13,18H,2-6,9-12,14,19H2,1H3. The molecule has 3 heteroatoms. The maximum absolute atomic E-state index is 5.97. The van der Waals surface area contributed by atoms with Crippen LogP contribution in [0, 0.1) is 0 Å². The summed E-state index contributed by atoms with van der Waals surface area (Å²) in [5.74, 6) is 0. The Balaban J connectivity index is 1.67. The molecular weight excluding hydrogens is 258 g/mol. The Hall–Kier alpha value is -1.06. The van der Waals surface area contributed by atoms with Crippen molar-refractivity contribution >= 4 is 5.69 Å². The molecule has 0 radical (unpaired) electrons. The molecule has 0 saturated carbocycles. The predicted octanol–water partition coefficient (Wildman–Crippen LogP) is 3.41. The van der Waals surface area contributed by atoms with Gasteiger partial charge in [-0.25, -0.2) is 0 Å². The van der Waals surface area contributed by atoms with Crippen molar-refractivity contribution in [3.63, 3.8) is 0 Å². The fraction of sp³-hybridized carbons (Fsp3) is 0.667. The van der Waals surface area contributed by atoms with Gasteiger partial charge in [0.1, 0.15) is 0 Å². The number of likely N-dealkylation sites (tertiary alicyclic amines) is 1. The van der Waals surface area contributed by atoms with E-state index in [0.717, 1.165) is 12.2 Å². The number of hydrogen-bond donors (Lipinski definition) is 1. The summed E-state index contributed by atoms with van der Waals surface area (Å²) >= 11 is 0. The van der Waals surface area contributed by atoms with E-state index in [2.05, 4.69) is 34.9 Å². The van der Waals surface area contributed by atoms with Gasteiger partial charge in [0.25, 0.3) is 0 Å². The topological polar surface area (TPSA) is 32.5 Å². The number of fused-ring (bicyclic) bond motifs is 1. The van der Waals surface area contributed by atoms with Crippen LogP contribution in [0.1, 0.15) is 56.2 Å². The van der Waals surface area contributed by atoms with Gasteiger partial charge in [-0.1, -0.05) is 25.8 Å². The van der Waals surface area contributed by atoms with Gasteiger partial charge in [0.05, 0.1) is 0 Å². The van der Waals surface area contributed by atoms with Crippen molar-refractivity contribution < 1.29 is 0 Å². The zero-order valence-corrected chi connectivity index (χ0v) is 13.4. The van der Waals surface area contributed by atoms with Crippen molar-refractivity contribution in [2.24, 2.45) is 0 Å². The molecule has 1 unspecified atom stereocenters. The number of nitrogen functional groups attached to an aromatic ring is 1. The van der Waals surface area contributed by atoms with E-state index in [9.17, 15) is 0 Å². The highest BCUT2D eigenvalue weighted by atomic mass is 15.2. The molecule has 21 heavy (non-hydrogen) atoms. The van der Waals surface area contributed by atoms with Crippen LogP contribution in [0.15, 0.2) is 18.2 Å². The number of unbranched alkanes of at least 4 members (excludes halogenated alkanes) is 1. The molecular formula is C18H29N3. The van der Waals surface area contributed by atoms with Crippen LogP contribution in [0.5, 0.6) is 0 Å². The summed E-state index contributed by atoms with van der Waals surface area (Å²) in [6, 6.07) is 7.13. The Morgan fingerprint density at radius 3 is 2.76 bits per heavy atom. The SMILES string of the molecule is CCCCC1c2ccc(N)cc2CN1CCN1CCCC1. The molecule has 0 spiro atoms. The lowest BCUT2D eigenvalue weighted by Crippen LogP contribution is -2.33. The largest absolute Gasteiger partial charge is 0.399 e. The number of nitrogens with two attached hydrogens (primary N) is 1. The minimum absolute atomic E-state index is 0.614. The molecule has 116 valence electrons. The molecule has 0 aromatic heterocycles. The smallest absolute Gasteiger partial charge is 0.0355 e. The minimum Gasteiger partial charge on any atom is -0.399 e. The van der Waals surface area contributed by atoms with E-state index in [4.69, 9.17) is 5.73 Å². The molecule has 2 aliphatic rings. The lowest BCUT2D eigenvalue weighted by molar-refractivity contribution is 0.174. The maximum atomic E-state index is 5.97. The zero-order chi connectivity index (χ0) is 14.7. The van der Waals surface area contributed by atoms with Crippen LogP contribution < -0.4 is 5.73 Å². The zero-order valence-electron chi connectivity index (χ0n) is 13.4. The van der Waals surface area contributed by atoms with E-state index in [1.165, 1.54) is 69.4 Å². The average Bonchev–Trinajstić information content (AvgIpc) is 3.10.